The maximum Gasteiger partial charge on any atom is 0.308 e. The smallest absolute Gasteiger partial charge is 0.308 e. The molecule has 0 spiro atoms. The van der Waals surface area contributed by atoms with E-state index in [1.165, 1.54) is 103 Å². The van der Waals surface area contributed by atoms with Gasteiger partial charge in [-0.25, -0.2) is 0 Å². The van der Waals surface area contributed by atoms with Crippen molar-refractivity contribution in [2.75, 3.05) is 91.9 Å². The van der Waals surface area contributed by atoms with Crippen molar-refractivity contribution in [3.05, 3.63) is 0 Å². The zero-order valence-electron chi connectivity index (χ0n) is 47.6. The Balaban J connectivity index is 2.43. The fraction of sp³-hybridized carbons (Fsp3) is 0.933. The van der Waals surface area contributed by atoms with Gasteiger partial charge in [-0.15, -0.1) is 0 Å². The quantitative estimate of drug-likeness (QED) is 0.0353. The molecule has 0 bridgehead atoms. The van der Waals surface area contributed by atoms with Gasteiger partial charge in [0, 0.05) is 52.4 Å². The van der Waals surface area contributed by atoms with Gasteiger partial charge in [0.25, 0.3) is 0 Å². The van der Waals surface area contributed by atoms with Crippen LogP contribution >= 0.6 is 0 Å². The summed E-state index contributed by atoms with van der Waals surface area (Å²) in [5, 5.41) is 9.21. The van der Waals surface area contributed by atoms with Crippen LogP contribution in [-0.2, 0) is 38.1 Å². The molecule has 0 aliphatic carbocycles. The van der Waals surface area contributed by atoms with Gasteiger partial charge in [0.1, 0.15) is 0 Å². The van der Waals surface area contributed by atoms with Crippen LogP contribution in [0.4, 0.5) is 0 Å². The Labute approximate surface area is 442 Å². The Hall–Kier alpha value is -2.28. The highest BCUT2D eigenvalue weighted by atomic mass is 16.5. The van der Waals surface area contributed by atoms with Crippen molar-refractivity contribution in [3.8, 4) is 0 Å². The van der Waals surface area contributed by atoms with Crippen molar-refractivity contribution in [2.24, 2.45) is 11.8 Å². The Kier molecular flexibility index (Phi) is 47.8. The van der Waals surface area contributed by atoms with Crippen LogP contribution in [0.3, 0.4) is 0 Å². The molecule has 2 atom stereocenters. The van der Waals surface area contributed by atoms with Gasteiger partial charge < -0.3 is 38.8 Å². The lowest BCUT2D eigenvalue weighted by Gasteiger charge is -2.35. The second-order valence-corrected chi connectivity index (χ2v) is 21.3. The zero-order chi connectivity index (χ0) is 52.4. The van der Waals surface area contributed by atoms with Gasteiger partial charge in [-0.1, -0.05) is 156 Å². The standard InChI is InChI=1S/C60H115N3O9/c1-5-9-13-17-19-27-37-55(35-25-15-11-7-3)59(67)71-53-31-23-21-29-51-69-57(65)39-44-61(41-33-42-62-46-48-63(49-47-62)43-34-50-64)45-40-58(66)70-52-30-22-24-32-54-72-60(68)56(36-26-16-12-8-4)38-28-20-18-14-10-6-2/h55-56,64H,5-54H2,1-4H3. The monoisotopic (exact) mass is 1020 g/mol. The maximum atomic E-state index is 13.0. The number of aliphatic hydroxyl groups excluding tert-OH is 1. The number of rotatable bonds is 53. The number of unbranched alkanes of at least 4 members (excludes halogenated alkanes) is 22. The largest absolute Gasteiger partial charge is 0.466 e. The molecule has 2 unspecified atom stereocenters. The predicted molar refractivity (Wildman–Crippen MR) is 296 cm³/mol. The fourth-order valence-corrected chi connectivity index (χ4v) is 9.83. The van der Waals surface area contributed by atoms with E-state index in [9.17, 15) is 24.3 Å². The second kappa shape index (κ2) is 50.9. The van der Waals surface area contributed by atoms with Crippen molar-refractivity contribution in [1.82, 2.24) is 14.7 Å². The molecule has 1 fully saturated rings. The van der Waals surface area contributed by atoms with E-state index >= 15 is 0 Å². The summed E-state index contributed by atoms with van der Waals surface area (Å²) in [5.41, 5.74) is 0. The minimum absolute atomic E-state index is 0.0121. The summed E-state index contributed by atoms with van der Waals surface area (Å²) >= 11 is 0. The molecule has 0 amide bonds. The lowest BCUT2D eigenvalue weighted by atomic mass is 9.94. The van der Waals surface area contributed by atoms with Crippen molar-refractivity contribution in [3.63, 3.8) is 0 Å². The molecule has 1 saturated heterocycles. The molecule has 1 heterocycles. The maximum absolute atomic E-state index is 13.0. The lowest BCUT2D eigenvalue weighted by molar-refractivity contribution is -0.150. The molecule has 0 saturated carbocycles. The van der Waals surface area contributed by atoms with E-state index in [-0.39, 0.29) is 55.2 Å². The van der Waals surface area contributed by atoms with E-state index < -0.39 is 0 Å². The first-order valence-corrected chi connectivity index (χ1v) is 30.7. The van der Waals surface area contributed by atoms with E-state index in [1.54, 1.807) is 0 Å². The number of carbonyl (C=O) groups is 4. The topological polar surface area (TPSA) is 135 Å². The number of esters is 4. The van der Waals surface area contributed by atoms with Gasteiger partial charge in [-0.2, -0.15) is 0 Å². The molecule has 0 aromatic carbocycles. The van der Waals surface area contributed by atoms with Crippen molar-refractivity contribution >= 4 is 23.9 Å². The molecule has 424 valence electrons. The molecule has 0 aromatic rings. The van der Waals surface area contributed by atoms with Crippen LogP contribution < -0.4 is 0 Å². The number of aliphatic hydroxyl groups is 1. The Morgan fingerprint density at radius 2 is 0.694 bits per heavy atom. The van der Waals surface area contributed by atoms with Crippen LogP contribution in [0.2, 0.25) is 0 Å². The number of piperazine rings is 1. The highest BCUT2D eigenvalue weighted by Gasteiger charge is 2.21. The summed E-state index contributed by atoms with van der Waals surface area (Å²) < 4.78 is 22.8. The van der Waals surface area contributed by atoms with Crippen LogP contribution in [0.25, 0.3) is 0 Å². The molecular weight excluding hydrogens is 907 g/mol. The molecule has 1 aliphatic heterocycles. The number of carbonyl (C=O) groups excluding carboxylic acids is 4. The second-order valence-electron chi connectivity index (χ2n) is 21.3. The highest BCUT2D eigenvalue weighted by molar-refractivity contribution is 5.73. The first-order valence-electron chi connectivity index (χ1n) is 30.7. The molecule has 72 heavy (non-hydrogen) atoms. The van der Waals surface area contributed by atoms with Crippen LogP contribution in [0.1, 0.15) is 259 Å². The van der Waals surface area contributed by atoms with Gasteiger partial charge in [0.15, 0.2) is 0 Å². The van der Waals surface area contributed by atoms with Crippen LogP contribution in [0.5, 0.6) is 0 Å². The Bertz CT molecular complexity index is 1170. The predicted octanol–water partition coefficient (Wildman–Crippen LogP) is 13.4. The Morgan fingerprint density at radius 1 is 0.389 bits per heavy atom. The van der Waals surface area contributed by atoms with Crippen molar-refractivity contribution < 1.29 is 43.2 Å². The Morgan fingerprint density at radius 3 is 1.06 bits per heavy atom. The normalized spacial score (nSPS) is 14.1. The minimum atomic E-state index is -0.212. The molecule has 1 aliphatic rings. The van der Waals surface area contributed by atoms with E-state index in [2.05, 4.69) is 42.4 Å². The van der Waals surface area contributed by atoms with Gasteiger partial charge in [0.2, 0.25) is 0 Å². The number of hydrogen-bond donors (Lipinski definition) is 1. The first-order chi connectivity index (χ1) is 35.3. The molecule has 1 rings (SSSR count). The van der Waals surface area contributed by atoms with E-state index in [0.29, 0.717) is 39.5 Å². The van der Waals surface area contributed by atoms with E-state index in [1.807, 2.05) is 0 Å². The zero-order valence-corrected chi connectivity index (χ0v) is 47.6. The minimum Gasteiger partial charge on any atom is -0.466 e. The summed E-state index contributed by atoms with van der Waals surface area (Å²) in [7, 11) is 0. The lowest BCUT2D eigenvalue weighted by Crippen LogP contribution is -2.47. The molecule has 12 nitrogen and oxygen atoms in total. The van der Waals surface area contributed by atoms with E-state index in [0.717, 1.165) is 161 Å². The third-order valence-electron chi connectivity index (χ3n) is 14.7. The SMILES string of the molecule is CCCCCCCCC(CCCCCC)C(=O)OCCCCCCOC(=O)CCN(CCCN1CCN(CCCO)CC1)CCC(=O)OCCCCCCOC(=O)C(CCCCCC)CCCCCCCC. The third-order valence-corrected chi connectivity index (χ3v) is 14.7. The van der Waals surface area contributed by atoms with Crippen LogP contribution in [0, 0.1) is 11.8 Å². The average Bonchev–Trinajstić information content (AvgIpc) is 3.38. The summed E-state index contributed by atoms with van der Waals surface area (Å²) in [6.07, 6.45) is 37.2. The average molecular weight is 1020 g/mol. The van der Waals surface area contributed by atoms with Crippen molar-refractivity contribution in [1.29, 1.82) is 0 Å². The van der Waals surface area contributed by atoms with E-state index in [4.69, 9.17) is 18.9 Å². The van der Waals surface area contributed by atoms with Gasteiger partial charge in [0.05, 0.1) is 51.1 Å². The van der Waals surface area contributed by atoms with Crippen LogP contribution in [-0.4, -0.2) is 136 Å². The number of hydrogen-bond acceptors (Lipinski definition) is 12. The number of ether oxygens (including phenoxy) is 4. The molecular formula is C60H115N3O9. The number of nitrogens with zero attached hydrogens (tertiary/aromatic N) is 3. The summed E-state index contributed by atoms with van der Waals surface area (Å²) in [6, 6.07) is 0. The molecule has 12 heteroatoms. The summed E-state index contributed by atoms with van der Waals surface area (Å²) in [6.45, 7) is 18.7. The first kappa shape index (κ1) is 67.7. The summed E-state index contributed by atoms with van der Waals surface area (Å²) in [5.74, 6) is -0.390. The van der Waals surface area contributed by atoms with Gasteiger partial charge >= 0.3 is 23.9 Å². The highest BCUT2D eigenvalue weighted by Crippen LogP contribution is 2.22. The third kappa shape index (κ3) is 41.0. The molecule has 1 N–H and O–H groups in total. The summed E-state index contributed by atoms with van der Waals surface area (Å²) in [4.78, 5) is 58.8. The van der Waals surface area contributed by atoms with Gasteiger partial charge in [-0.3, -0.25) is 19.2 Å². The fourth-order valence-electron chi connectivity index (χ4n) is 9.83. The van der Waals surface area contributed by atoms with Crippen molar-refractivity contribution in [2.45, 2.75) is 259 Å². The van der Waals surface area contributed by atoms with Crippen LogP contribution in [0.15, 0.2) is 0 Å². The molecule has 0 aromatic heterocycles. The molecule has 0 radical (unpaired) electrons. The van der Waals surface area contributed by atoms with Gasteiger partial charge in [-0.05, 0) is 103 Å².